The molecule has 1 aliphatic carbocycles. The smallest absolute Gasteiger partial charge is 0.342 e. The largest absolute Gasteiger partial charge is 0.462 e. The van der Waals surface area contributed by atoms with Crippen molar-refractivity contribution < 1.29 is 19.1 Å². The molecular weight excluding hydrogens is 278 g/mol. The number of hydrogen-bond acceptors (Lipinski definition) is 6. The summed E-state index contributed by atoms with van der Waals surface area (Å²) in [5.74, 6) is -1.05. The highest BCUT2D eigenvalue weighted by Crippen LogP contribution is 2.29. The van der Waals surface area contributed by atoms with Crippen LogP contribution in [0.15, 0.2) is 5.38 Å². The molecule has 1 saturated carbocycles. The lowest BCUT2D eigenvalue weighted by molar-refractivity contribution is 0.0206. The molecule has 0 aromatic carbocycles. The van der Waals surface area contributed by atoms with Crippen molar-refractivity contribution in [3.63, 3.8) is 0 Å². The molecule has 1 aromatic heterocycles. The third kappa shape index (κ3) is 3.30. The number of ether oxygens (including phenoxy) is 2. The molecule has 0 aliphatic heterocycles. The monoisotopic (exact) mass is 297 g/mol. The first-order chi connectivity index (χ1) is 9.63. The molecule has 1 heterocycles. The van der Waals surface area contributed by atoms with Crippen LogP contribution in [0.2, 0.25) is 0 Å². The van der Waals surface area contributed by atoms with Crippen LogP contribution in [0.4, 0.5) is 5.00 Å². The number of carbonyl (C=O) groups is 2. The van der Waals surface area contributed by atoms with Gasteiger partial charge in [0.25, 0.3) is 0 Å². The number of rotatable bonds is 4. The predicted octanol–water partition coefficient (Wildman–Crippen LogP) is 3.00. The second-order valence-electron chi connectivity index (χ2n) is 4.77. The fourth-order valence-electron chi connectivity index (χ4n) is 2.34. The molecule has 2 rings (SSSR count). The molecule has 0 spiro atoms. The van der Waals surface area contributed by atoms with Crippen LogP contribution in [0, 0.1) is 0 Å². The molecule has 0 saturated heterocycles. The summed E-state index contributed by atoms with van der Waals surface area (Å²) < 4.78 is 10.4. The number of nitrogens with two attached hydrogens (primary N) is 1. The summed E-state index contributed by atoms with van der Waals surface area (Å²) in [5.41, 5.74) is 6.15. The Hall–Kier alpha value is -1.56. The number of thiophene rings is 1. The third-order valence-electron chi connectivity index (χ3n) is 3.34. The number of hydrogen-bond donors (Lipinski definition) is 1. The Morgan fingerprint density at radius 2 is 2.00 bits per heavy atom. The summed E-state index contributed by atoms with van der Waals surface area (Å²) in [6, 6.07) is 0. The number of anilines is 1. The molecule has 5 nitrogen and oxygen atoms in total. The molecule has 0 amide bonds. The quantitative estimate of drug-likeness (QED) is 0.864. The molecule has 20 heavy (non-hydrogen) atoms. The lowest BCUT2D eigenvalue weighted by Crippen LogP contribution is -2.22. The van der Waals surface area contributed by atoms with Gasteiger partial charge in [-0.3, -0.25) is 0 Å². The van der Waals surface area contributed by atoms with Gasteiger partial charge in [-0.05, 0) is 32.6 Å². The highest BCUT2D eigenvalue weighted by Gasteiger charge is 2.27. The van der Waals surface area contributed by atoms with Crippen LogP contribution < -0.4 is 5.73 Å². The van der Waals surface area contributed by atoms with Crippen molar-refractivity contribution in [1.82, 2.24) is 0 Å². The van der Waals surface area contributed by atoms with Crippen molar-refractivity contribution in [2.45, 2.75) is 45.1 Å². The molecule has 2 N–H and O–H groups in total. The van der Waals surface area contributed by atoms with Crippen molar-refractivity contribution in [3.05, 3.63) is 16.5 Å². The summed E-state index contributed by atoms with van der Waals surface area (Å²) in [7, 11) is 0. The van der Waals surface area contributed by atoms with E-state index in [1.807, 2.05) is 0 Å². The van der Waals surface area contributed by atoms with Gasteiger partial charge >= 0.3 is 11.9 Å². The molecule has 1 aliphatic rings. The molecule has 1 fully saturated rings. The van der Waals surface area contributed by atoms with Gasteiger partial charge in [-0.1, -0.05) is 6.42 Å². The van der Waals surface area contributed by atoms with Crippen LogP contribution >= 0.6 is 11.3 Å². The average Bonchev–Trinajstić information content (AvgIpc) is 2.82. The fraction of sp³-hybridized carbons (Fsp3) is 0.571. The van der Waals surface area contributed by atoms with Gasteiger partial charge in [-0.25, -0.2) is 9.59 Å². The van der Waals surface area contributed by atoms with Crippen LogP contribution in [0.1, 0.15) is 59.7 Å². The van der Waals surface area contributed by atoms with Crippen LogP contribution in [0.3, 0.4) is 0 Å². The Labute approximate surface area is 122 Å². The van der Waals surface area contributed by atoms with E-state index < -0.39 is 11.9 Å². The number of nitrogen functional groups attached to an aromatic ring is 1. The van der Waals surface area contributed by atoms with E-state index >= 15 is 0 Å². The predicted molar refractivity (Wildman–Crippen MR) is 77.0 cm³/mol. The van der Waals surface area contributed by atoms with E-state index in [0.717, 1.165) is 37.0 Å². The van der Waals surface area contributed by atoms with Gasteiger partial charge in [0.05, 0.1) is 12.2 Å². The van der Waals surface area contributed by atoms with Gasteiger partial charge in [0, 0.05) is 5.38 Å². The first kappa shape index (κ1) is 14.8. The lowest BCUT2D eigenvalue weighted by Gasteiger charge is -2.21. The van der Waals surface area contributed by atoms with Gasteiger partial charge in [0.1, 0.15) is 16.7 Å². The Balaban J connectivity index is 2.12. The van der Waals surface area contributed by atoms with E-state index in [-0.39, 0.29) is 23.8 Å². The van der Waals surface area contributed by atoms with Gasteiger partial charge in [-0.2, -0.15) is 0 Å². The summed E-state index contributed by atoms with van der Waals surface area (Å²) in [5, 5.41) is 1.85. The summed E-state index contributed by atoms with van der Waals surface area (Å²) in [4.78, 5) is 24.0. The van der Waals surface area contributed by atoms with Gasteiger partial charge < -0.3 is 15.2 Å². The minimum absolute atomic E-state index is 0.0643. The summed E-state index contributed by atoms with van der Waals surface area (Å²) in [6.45, 7) is 1.97. The Kier molecular flexibility index (Phi) is 5.00. The van der Waals surface area contributed by atoms with Gasteiger partial charge in [0.2, 0.25) is 0 Å². The van der Waals surface area contributed by atoms with Crippen molar-refractivity contribution in [1.29, 1.82) is 0 Å². The minimum atomic E-state index is -0.531. The van der Waals surface area contributed by atoms with Crippen LogP contribution in [0.25, 0.3) is 0 Å². The number of esters is 2. The third-order valence-corrected chi connectivity index (χ3v) is 4.16. The number of carbonyl (C=O) groups excluding carboxylic acids is 2. The SMILES string of the molecule is CCOC(=O)c1csc(N)c1C(=O)OC1CCCCC1. The van der Waals surface area contributed by atoms with E-state index in [1.165, 1.54) is 6.42 Å². The maximum Gasteiger partial charge on any atom is 0.342 e. The Morgan fingerprint density at radius 3 is 2.65 bits per heavy atom. The lowest BCUT2D eigenvalue weighted by atomic mass is 9.98. The van der Waals surface area contributed by atoms with Gasteiger partial charge in [0.15, 0.2) is 0 Å². The van der Waals surface area contributed by atoms with E-state index in [1.54, 1.807) is 12.3 Å². The fourth-order valence-corrected chi connectivity index (χ4v) is 3.11. The van der Waals surface area contributed by atoms with Crippen molar-refractivity contribution in [2.24, 2.45) is 0 Å². The second kappa shape index (κ2) is 6.74. The van der Waals surface area contributed by atoms with E-state index in [4.69, 9.17) is 15.2 Å². The highest BCUT2D eigenvalue weighted by molar-refractivity contribution is 7.14. The maximum absolute atomic E-state index is 12.2. The molecule has 0 bridgehead atoms. The molecule has 6 heteroatoms. The first-order valence-electron chi connectivity index (χ1n) is 6.88. The minimum Gasteiger partial charge on any atom is -0.462 e. The zero-order valence-corrected chi connectivity index (χ0v) is 12.3. The van der Waals surface area contributed by atoms with Crippen molar-refractivity contribution >= 4 is 28.3 Å². The van der Waals surface area contributed by atoms with E-state index in [9.17, 15) is 9.59 Å². The van der Waals surface area contributed by atoms with Crippen LogP contribution in [-0.2, 0) is 9.47 Å². The van der Waals surface area contributed by atoms with Crippen LogP contribution in [-0.4, -0.2) is 24.6 Å². The average molecular weight is 297 g/mol. The van der Waals surface area contributed by atoms with E-state index in [2.05, 4.69) is 0 Å². The molecule has 110 valence electrons. The molecule has 0 radical (unpaired) electrons. The zero-order chi connectivity index (χ0) is 14.5. The highest BCUT2D eigenvalue weighted by atomic mass is 32.1. The molecular formula is C14H19NO4S. The van der Waals surface area contributed by atoms with Crippen LogP contribution in [0.5, 0.6) is 0 Å². The zero-order valence-electron chi connectivity index (χ0n) is 11.5. The normalized spacial score (nSPS) is 15.8. The van der Waals surface area contributed by atoms with Crippen molar-refractivity contribution in [2.75, 3.05) is 12.3 Å². The summed E-state index contributed by atoms with van der Waals surface area (Å²) in [6.07, 6.45) is 5.02. The molecule has 1 aromatic rings. The summed E-state index contributed by atoms with van der Waals surface area (Å²) >= 11 is 1.15. The first-order valence-corrected chi connectivity index (χ1v) is 7.76. The van der Waals surface area contributed by atoms with Gasteiger partial charge in [-0.15, -0.1) is 11.3 Å². The van der Waals surface area contributed by atoms with E-state index in [0.29, 0.717) is 5.00 Å². The van der Waals surface area contributed by atoms with Crippen molar-refractivity contribution in [3.8, 4) is 0 Å². The Bertz CT molecular complexity index is 491. The standard InChI is InChI=1S/C14H19NO4S/c1-2-18-13(16)10-8-20-12(15)11(10)14(17)19-9-6-4-3-5-7-9/h8-9H,2-7,15H2,1H3. The Morgan fingerprint density at radius 1 is 1.30 bits per heavy atom. The second-order valence-corrected chi connectivity index (χ2v) is 5.69. The topological polar surface area (TPSA) is 78.6 Å². The maximum atomic E-state index is 12.2. The molecule has 0 unspecified atom stereocenters. The molecule has 0 atom stereocenters.